The highest BCUT2D eigenvalue weighted by Gasteiger charge is 2.49. The van der Waals surface area contributed by atoms with E-state index in [0.29, 0.717) is 18.4 Å². The fourth-order valence-corrected chi connectivity index (χ4v) is 4.61. The van der Waals surface area contributed by atoms with E-state index in [2.05, 4.69) is 55.7 Å². The van der Waals surface area contributed by atoms with Crippen LogP contribution in [0.3, 0.4) is 0 Å². The summed E-state index contributed by atoms with van der Waals surface area (Å²) in [7, 11) is 0. The van der Waals surface area contributed by atoms with Gasteiger partial charge in [0.15, 0.2) is 0 Å². The second-order valence-electron chi connectivity index (χ2n) is 8.31. The minimum Gasteiger partial charge on any atom is -0.354 e. The van der Waals surface area contributed by atoms with Gasteiger partial charge in [-0.1, -0.05) is 30.3 Å². The zero-order valence-corrected chi connectivity index (χ0v) is 17.5. The van der Waals surface area contributed by atoms with Crippen LogP contribution in [0.4, 0.5) is 0 Å². The van der Waals surface area contributed by atoms with Gasteiger partial charge in [-0.15, -0.1) is 24.8 Å². The summed E-state index contributed by atoms with van der Waals surface area (Å²) in [5.74, 6) is 1.24. The highest BCUT2D eigenvalue weighted by molar-refractivity contribution is 5.85. The second kappa shape index (κ2) is 9.41. The number of nitrogens with two attached hydrogens (primary N) is 1. The molecule has 0 heterocycles. The molecule has 0 spiro atoms. The molecule has 1 amide bonds. The van der Waals surface area contributed by atoms with Crippen LogP contribution >= 0.6 is 24.8 Å². The molecular formula is C20H33Cl2N3O. The normalized spacial score (nSPS) is 28.0. The lowest BCUT2D eigenvalue weighted by Gasteiger charge is -2.33. The van der Waals surface area contributed by atoms with Crippen LogP contribution < -0.4 is 16.4 Å². The predicted octanol–water partition coefficient (Wildman–Crippen LogP) is 3.45. The number of benzene rings is 1. The number of halogens is 2. The van der Waals surface area contributed by atoms with Gasteiger partial charge in [0.1, 0.15) is 0 Å². The fourth-order valence-electron chi connectivity index (χ4n) is 4.61. The number of hydrogen-bond acceptors (Lipinski definition) is 3. The van der Waals surface area contributed by atoms with Gasteiger partial charge in [0.2, 0.25) is 5.91 Å². The minimum absolute atomic E-state index is 0. The van der Waals surface area contributed by atoms with E-state index in [9.17, 15) is 4.79 Å². The molecule has 5 unspecified atom stereocenters. The Kier molecular flexibility index (Phi) is 8.40. The predicted molar refractivity (Wildman–Crippen MR) is 112 cm³/mol. The van der Waals surface area contributed by atoms with Crippen LogP contribution in [0.25, 0.3) is 0 Å². The van der Waals surface area contributed by atoms with Crippen molar-refractivity contribution in [3.63, 3.8) is 0 Å². The molecule has 148 valence electrons. The zero-order chi connectivity index (χ0) is 17.3. The third-order valence-corrected chi connectivity index (χ3v) is 5.89. The van der Waals surface area contributed by atoms with Gasteiger partial charge < -0.3 is 16.4 Å². The summed E-state index contributed by atoms with van der Waals surface area (Å²) in [6.07, 6.45) is 3.52. The van der Waals surface area contributed by atoms with Gasteiger partial charge in [-0.3, -0.25) is 4.79 Å². The largest absolute Gasteiger partial charge is 0.354 e. The summed E-state index contributed by atoms with van der Waals surface area (Å²) < 4.78 is 0. The van der Waals surface area contributed by atoms with Crippen molar-refractivity contribution in [3.05, 3.63) is 35.9 Å². The van der Waals surface area contributed by atoms with Gasteiger partial charge in [0, 0.05) is 24.2 Å². The van der Waals surface area contributed by atoms with Gasteiger partial charge >= 0.3 is 0 Å². The molecule has 0 aromatic heterocycles. The molecule has 2 saturated carbocycles. The number of carbonyl (C=O) groups is 1. The lowest BCUT2D eigenvalue weighted by atomic mass is 9.84. The Morgan fingerprint density at radius 3 is 2.38 bits per heavy atom. The molecule has 1 aromatic carbocycles. The summed E-state index contributed by atoms with van der Waals surface area (Å²) in [5.41, 5.74) is 7.37. The van der Waals surface area contributed by atoms with Crippen molar-refractivity contribution >= 4 is 30.7 Å². The van der Waals surface area contributed by atoms with Gasteiger partial charge in [-0.25, -0.2) is 0 Å². The smallest absolute Gasteiger partial charge is 0.225 e. The Hall–Kier alpha value is -0.810. The van der Waals surface area contributed by atoms with Crippen molar-refractivity contribution in [1.82, 2.24) is 10.6 Å². The van der Waals surface area contributed by atoms with Crippen molar-refractivity contribution in [2.24, 2.45) is 23.5 Å². The van der Waals surface area contributed by atoms with E-state index in [4.69, 9.17) is 5.73 Å². The lowest BCUT2D eigenvalue weighted by Crippen LogP contribution is -2.53. The molecule has 4 N–H and O–H groups in total. The number of fused-ring (bicyclic) bond motifs is 2. The van der Waals surface area contributed by atoms with E-state index in [1.807, 2.05) is 6.07 Å². The van der Waals surface area contributed by atoms with Crippen LogP contribution in [-0.4, -0.2) is 24.0 Å². The number of carbonyl (C=O) groups excluding carboxylic acids is 1. The second-order valence-corrected chi connectivity index (χ2v) is 8.31. The van der Waals surface area contributed by atoms with E-state index in [-0.39, 0.29) is 54.3 Å². The molecule has 6 heteroatoms. The Morgan fingerprint density at radius 2 is 1.81 bits per heavy atom. The average Bonchev–Trinajstić information content (AvgIpc) is 3.14. The molecule has 0 aliphatic heterocycles. The zero-order valence-electron chi connectivity index (χ0n) is 15.9. The van der Waals surface area contributed by atoms with E-state index in [0.717, 1.165) is 6.42 Å². The molecule has 3 rings (SSSR count). The number of nitrogens with one attached hydrogen (secondary N) is 2. The van der Waals surface area contributed by atoms with Crippen molar-refractivity contribution in [1.29, 1.82) is 0 Å². The van der Waals surface area contributed by atoms with Crippen LogP contribution in [0.5, 0.6) is 0 Å². The first kappa shape index (κ1) is 23.2. The van der Waals surface area contributed by atoms with Gasteiger partial charge in [-0.2, -0.15) is 0 Å². The Labute approximate surface area is 169 Å². The molecule has 0 radical (unpaired) electrons. The standard InChI is InChI=1S/C20H31N3O.2ClH/c1-13(14-7-5-4-6-8-14)23-20(2,3)12-22-19(24)17-15-9-10-16(11-15)18(17)21;;/h4-8,13,15-18,23H,9-12,21H2,1-3H3,(H,22,24);2*1H. The molecule has 2 aliphatic rings. The van der Waals surface area contributed by atoms with Crippen LogP contribution in [0.1, 0.15) is 51.6 Å². The van der Waals surface area contributed by atoms with Crippen molar-refractivity contribution in [2.45, 2.75) is 57.7 Å². The van der Waals surface area contributed by atoms with E-state index in [1.165, 1.54) is 18.4 Å². The third kappa shape index (κ3) is 5.13. The molecular weight excluding hydrogens is 369 g/mol. The highest BCUT2D eigenvalue weighted by atomic mass is 35.5. The summed E-state index contributed by atoms with van der Waals surface area (Å²) in [5, 5.41) is 6.77. The third-order valence-electron chi connectivity index (χ3n) is 5.89. The molecule has 2 aliphatic carbocycles. The molecule has 5 atom stereocenters. The molecule has 0 saturated heterocycles. The molecule has 4 nitrogen and oxygen atoms in total. The van der Waals surface area contributed by atoms with Gasteiger partial charge in [0.25, 0.3) is 0 Å². The van der Waals surface area contributed by atoms with E-state index >= 15 is 0 Å². The highest BCUT2D eigenvalue weighted by Crippen LogP contribution is 2.47. The minimum atomic E-state index is -0.174. The lowest BCUT2D eigenvalue weighted by molar-refractivity contribution is -0.127. The summed E-state index contributed by atoms with van der Waals surface area (Å²) >= 11 is 0. The molecule has 26 heavy (non-hydrogen) atoms. The quantitative estimate of drug-likeness (QED) is 0.683. The number of hydrogen-bond donors (Lipinski definition) is 3. The summed E-state index contributed by atoms with van der Waals surface area (Å²) in [6, 6.07) is 10.7. The van der Waals surface area contributed by atoms with Crippen molar-refractivity contribution < 1.29 is 4.79 Å². The Morgan fingerprint density at radius 1 is 1.19 bits per heavy atom. The maximum absolute atomic E-state index is 12.6. The maximum Gasteiger partial charge on any atom is 0.225 e. The van der Waals surface area contributed by atoms with Crippen molar-refractivity contribution in [2.75, 3.05) is 6.54 Å². The Bertz CT molecular complexity index is 580. The summed E-state index contributed by atoms with van der Waals surface area (Å²) in [4.78, 5) is 12.6. The molecule has 2 bridgehead atoms. The van der Waals surface area contributed by atoms with Crippen LogP contribution in [0.2, 0.25) is 0 Å². The van der Waals surface area contributed by atoms with Crippen LogP contribution in [-0.2, 0) is 4.79 Å². The van der Waals surface area contributed by atoms with Gasteiger partial charge in [0.05, 0.1) is 5.92 Å². The SMILES string of the molecule is CC(NC(C)(C)CNC(=O)C1C2CCC(C2)C1N)c1ccccc1.Cl.Cl. The van der Waals surface area contributed by atoms with Crippen molar-refractivity contribution in [3.8, 4) is 0 Å². The van der Waals surface area contributed by atoms with Gasteiger partial charge in [-0.05, 0) is 57.4 Å². The Balaban J connectivity index is 0.00000169. The fraction of sp³-hybridized carbons (Fsp3) is 0.650. The summed E-state index contributed by atoms with van der Waals surface area (Å²) in [6.45, 7) is 7.04. The first-order valence-corrected chi connectivity index (χ1v) is 9.23. The van der Waals surface area contributed by atoms with Crippen LogP contribution in [0.15, 0.2) is 30.3 Å². The first-order valence-electron chi connectivity index (χ1n) is 9.23. The molecule has 2 fully saturated rings. The first-order chi connectivity index (χ1) is 11.4. The van der Waals surface area contributed by atoms with E-state index < -0.39 is 0 Å². The maximum atomic E-state index is 12.6. The topological polar surface area (TPSA) is 67.1 Å². The number of rotatable bonds is 6. The average molecular weight is 402 g/mol. The number of amides is 1. The monoisotopic (exact) mass is 401 g/mol. The van der Waals surface area contributed by atoms with E-state index in [1.54, 1.807) is 0 Å². The van der Waals surface area contributed by atoms with Crippen LogP contribution in [0, 0.1) is 17.8 Å². The molecule has 1 aromatic rings.